The highest BCUT2D eigenvalue weighted by Crippen LogP contribution is 2.35. The summed E-state index contributed by atoms with van der Waals surface area (Å²) in [5, 5.41) is 0. The van der Waals surface area contributed by atoms with E-state index in [1.807, 2.05) is 0 Å². The topological polar surface area (TPSA) is 18.5 Å². The van der Waals surface area contributed by atoms with Crippen molar-refractivity contribution >= 4 is 0 Å². The van der Waals surface area contributed by atoms with E-state index in [0.717, 1.165) is 44.2 Å². The lowest BCUT2D eigenvalue weighted by molar-refractivity contribution is -0.0378. The van der Waals surface area contributed by atoms with E-state index in [2.05, 4.69) is 59.8 Å². The van der Waals surface area contributed by atoms with Crippen molar-refractivity contribution in [2.75, 3.05) is 13.2 Å². The van der Waals surface area contributed by atoms with Gasteiger partial charge in [-0.05, 0) is 68.9 Å². The van der Waals surface area contributed by atoms with Gasteiger partial charge in [0.2, 0.25) is 0 Å². The minimum atomic E-state index is -0.00826. The molecule has 0 saturated carbocycles. The Morgan fingerprint density at radius 1 is 1.12 bits per heavy atom. The van der Waals surface area contributed by atoms with Crippen LogP contribution >= 0.6 is 0 Å². The van der Waals surface area contributed by atoms with Crippen LogP contribution in [0.3, 0.4) is 0 Å². The van der Waals surface area contributed by atoms with Crippen LogP contribution in [0.1, 0.15) is 80.1 Å². The molecule has 1 heterocycles. The predicted octanol–water partition coefficient (Wildman–Crippen LogP) is 6.83. The van der Waals surface area contributed by atoms with E-state index in [4.69, 9.17) is 9.47 Å². The summed E-state index contributed by atoms with van der Waals surface area (Å²) >= 11 is 0. The van der Waals surface area contributed by atoms with Crippen molar-refractivity contribution in [2.45, 2.75) is 85.7 Å². The summed E-state index contributed by atoms with van der Waals surface area (Å²) in [7, 11) is 0. The highest BCUT2D eigenvalue weighted by Gasteiger charge is 2.24. The molecule has 3 atom stereocenters. The zero-order chi connectivity index (χ0) is 19.2. The van der Waals surface area contributed by atoms with Gasteiger partial charge in [-0.3, -0.25) is 0 Å². The Kier molecular flexibility index (Phi) is 8.01. The molecule has 2 rings (SSSR count). The Hall–Kier alpha value is -1.02. The second kappa shape index (κ2) is 9.78. The number of fused-ring (bicyclic) bond motifs is 1. The van der Waals surface area contributed by atoms with Gasteiger partial charge in [0.1, 0.15) is 5.76 Å². The van der Waals surface area contributed by atoms with Gasteiger partial charge < -0.3 is 9.47 Å². The lowest BCUT2D eigenvalue weighted by Gasteiger charge is -2.29. The fraction of sp³-hybridized carbons (Fsp3) is 0.750. The minimum Gasteiger partial charge on any atom is -0.493 e. The maximum Gasteiger partial charge on any atom is 0.122 e. The Labute approximate surface area is 161 Å². The molecule has 0 radical (unpaired) electrons. The molecule has 0 aromatic carbocycles. The fourth-order valence-electron chi connectivity index (χ4n) is 3.71. The van der Waals surface area contributed by atoms with Crippen LogP contribution in [0.4, 0.5) is 0 Å². The van der Waals surface area contributed by atoms with Crippen molar-refractivity contribution in [1.82, 2.24) is 0 Å². The van der Waals surface area contributed by atoms with E-state index in [-0.39, 0.29) is 5.60 Å². The summed E-state index contributed by atoms with van der Waals surface area (Å²) < 4.78 is 11.9. The highest BCUT2D eigenvalue weighted by atomic mass is 16.5. The summed E-state index contributed by atoms with van der Waals surface area (Å²) in [6, 6.07) is 0. The van der Waals surface area contributed by atoms with Crippen molar-refractivity contribution in [2.24, 2.45) is 17.8 Å². The predicted molar refractivity (Wildman–Crippen MR) is 111 cm³/mol. The summed E-state index contributed by atoms with van der Waals surface area (Å²) in [6.07, 6.45) is 13.9. The number of ether oxygens (including phenoxy) is 2. The zero-order valence-electron chi connectivity index (χ0n) is 17.9. The van der Waals surface area contributed by atoms with E-state index in [1.54, 1.807) is 5.57 Å². The molecule has 0 N–H and O–H groups in total. The van der Waals surface area contributed by atoms with Crippen molar-refractivity contribution in [3.63, 3.8) is 0 Å². The van der Waals surface area contributed by atoms with Gasteiger partial charge in [-0.15, -0.1) is 0 Å². The molecule has 3 unspecified atom stereocenters. The molecule has 26 heavy (non-hydrogen) atoms. The van der Waals surface area contributed by atoms with Crippen molar-refractivity contribution in [3.05, 3.63) is 35.1 Å². The molecular formula is C24H40O2. The largest absolute Gasteiger partial charge is 0.493 e. The van der Waals surface area contributed by atoms with E-state index < -0.39 is 0 Å². The third kappa shape index (κ3) is 6.30. The molecule has 1 aliphatic heterocycles. The van der Waals surface area contributed by atoms with Gasteiger partial charge in [-0.2, -0.15) is 0 Å². The molecule has 0 amide bonds. The standard InChI is InChI=1S/C24H40O2/c1-7-18(3)15-22(16-19(4)17-26-24(5,6)8-2)20-9-10-21-13-14-25-23(21)12-11-20/h10-12,18-19,22H,7-9,13-17H2,1-6H3. The second-order valence-corrected chi connectivity index (χ2v) is 9.02. The van der Waals surface area contributed by atoms with Crippen LogP contribution < -0.4 is 0 Å². The fourth-order valence-corrected chi connectivity index (χ4v) is 3.71. The van der Waals surface area contributed by atoms with Crippen LogP contribution in [-0.4, -0.2) is 18.8 Å². The van der Waals surface area contributed by atoms with Gasteiger partial charge in [0.15, 0.2) is 0 Å². The first-order valence-corrected chi connectivity index (χ1v) is 10.7. The third-order valence-corrected chi connectivity index (χ3v) is 6.18. The lowest BCUT2D eigenvalue weighted by atomic mass is 9.81. The maximum atomic E-state index is 6.18. The number of allylic oxidation sites excluding steroid dienone is 5. The molecule has 1 fully saturated rings. The van der Waals surface area contributed by atoms with E-state index >= 15 is 0 Å². The van der Waals surface area contributed by atoms with Gasteiger partial charge >= 0.3 is 0 Å². The molecule has 0 spiro atoms. The van der Waals surface area contributed by atoms with E-state index in [9.17, 15) is 0 Å². The summed E-state index contributed by atoms with van der Waals surface area (Å²) in [6.45, 7) is 15.3. The molecule has 148 valence electrons. The van der Waals surface area contributed by atoms with Crippen LogP contribution in [0.2, 0.25) is 0 Å². The molecule has 1 aliphatic carbocycles. The van der Waals surface area contributed by atoms with E-state index in [1.165, 1.54) is 24.8 Å². The Morgan fingerprint density at radius 3 is 2.54 bits per heavy atom. The number of hydrogen-bond acceptors (Lipinski definition) is 2. The first kappa shape index (κ1) is 21.3. The third-order valence-electron chi connectivity index (χ3n) is 6.18. The van der Waals surface area contributed by atoms with Crippen LogP contribution in [-0.2, 0) is 9.47 Å². The number of rotatable bonds is 10. The van der Waals surface area contributed by atoms with Gasteiger partial charge in [0, 0.05) is 13.0 Å². The van der Waals surface area contributed by atoms with Gasteiger partial charge in [-0.1, -0.05) is 51.8 Å². The Balaban J connectivity index is 2.04. The monoisotopic (exact) mass is 360 g/mol. The lowest BCUT2D eigenvalue weighted by Crippen LogP contribution is -2.26. The minimum absolute atomic E-state index is 0.00826. The van der Waals surface area contributed by atoms with Crippen molar-refractivity contribution in [3.8, 4) is 0 Å². The maximum absolute atomic E-state index is 6.18. The van der Waals surface area contributed by atoms with Crippen molar-refractivity contribution < 1.29 is 9.47 Å². The molecule has 2 aliphatic rings. The summed E-state index contributed by atoms with van der Waals surface area (Å²) in [5.41, 5.74) is 2.97. The normalized spacial score (nSPS) is 20.9. The molecule has 0 aromatic heterocycles. The highest BCUT2D eigenvalue weighted by molar-refractivity contribution is 5.37. The van der Waals surface area contributed by atoms with Crippen LogP contribution in [0.25, 0.3) is 0 Å². The smallest absolute Gasteiger partial charge is 0.122 e. The molecule has 1 saturated heterocycles. The van der Waals surface area contributed by atoms with E-state index in [0.29, 0.717) is 11.8 Å². The molecule has 0 bridgehead atoms. The van der Waals surface area contributed by atoms with Gasteiger partial charge in [0.05, 0.1) is 12.2 Å². The quantitative estimate of drug-likeness (QED) is 0.425. The average Bonchev–Trinajstić information content (AvgIpc) is 2.98. The van der Waals surface area contributed by atoms with Crippen molar-refractivity contribution in [1.29, 1.82) is 0 Å². The first-order valence-electron chi connectivity index (χ1n) is 10.7. The molecule has 2 heteroatoms. The zero-order valence-corrected chi connectivity index (χ0v) is 17.9. The van der Waals surface area contributed by atoms with Crippen LogP contribution in [0.5, 0.6) is 0 Å². The van der Waals surface area contributed by atoms with Gasteiger partial charge in [0.25, 0.3) is 0 Å². The molecule has 0 aromatic rings. The average molecular weight is 361 g/mol. The molecule has 2 nitrogen and oxygen atoms in total. The Bertz CT molecular complexity index is 538. The Morgan fingerprint density at radius 2 is 1.85 bits per heavy atom. The second-order valence-electron chi connectivity index (χ2n) is 9.02. The molecular weight excluding hydrogens is 320 g/mol. The van der Waals surface area contributed by atoms with Crippen LogP contribution in [0, 0.1) is 17.8 Å². The van der Waals surface area contributed by atoms with Crippen LogP contribution in [0.15, 0.2) is 35.1 Å². The van der Waals surface area contributed by atoms with Gasteiger partial charge in [-0.25, -0.2) is 0 Å². The SMILES string of the molecule is CCC(C)CC(CC(C)COC(C)(C)CC)C1=CC=C2OCCC2=CC1. The summed E-state index contributed by atoms with van der Waals surface area (Å²) in [5.74, 6) is 3.08. The first-order chi connectivity index (χ1) is 12.3. The number of hydrogen-bond donors (Lipinski definition) is 0. The summed E-state index contributed by atoms with van der Waals surface area (Å²) in [4.78, 5) is 0.